The van der Waals surface area contributed by atoms with Crippen molar-refractivity contribution in [1.29, 1.82) is 0 Å². The topological polar surface area (TPSA) is 87.7 Å². The first kappa shape index (κ1) is 34.8. The fraction of sp³-hybridized carbons (Fsp3) is 0.571. The van der Waals surface area contributed by atoms with Gasteiger partial charge in [-0.2, -0.15) is 0 Å². The molecule has 2 aromatic carbocycles. The summed E-state index contributed by atoms with van der Waals surface area (Å²) >= 11 is 0. The molecule has 0 spiro atoms. The van der Waals surface area contributed by atoms with Crippen LogP contribution in [0.15, 0.2) is 48.5 Å². The standard InChI is InChI=1S/C35H53N3O4/c1-8-10-12-17-23-38(31(32(39)36-22-16-11-9-2)29-21-20-26(3)27(4)24-29)33(40)30(25-28-18-14-13-15-19-28)37-34(41)42-35(5,6)7/h13-15,18-21,24,30-31H,8-12,16-17,22-23,25H2,1-7H3,(H,36,39)(H,37,41). The molecule has 0 saturated heterocycles. The zero-order chi connectivity index (χ0) is 31.1. The molecule has 0 aliphatic rings. The van der Waals surface area contributed by atoms with Crippen LogP contribution in [0.4, 0.5) is 4.79 Å². The number of carbonyl (C=O) groups excluding carboxylic acids is 3. The van der Waals surface area contributed by atoms with E-state index in [0.29, 0.717) is 13.1 Å². The molecule has 7 nitrogen and oxygen atoms in total. The number of aryl methyl sites for hydroxylation is 2. The molecule has 0 saturated carbocycles. The lowest BCUT2D eigenvalue weighted by molar-refractivity contribution is -0.142. The van der Waals surface area contributed by atoms with Gasteiger partial charge in [-0.05, 0) is 69.7 Å². The highest BCUT2D eigenvalue weighted by Crippen LogP contribution is 2.26. The van der Waals surface area contributed by atoms with E-state index in [1.165, 1.54) is 0 Å². The minimum atomic E-state index is -0.907. The molecule has 0 aromatic heterocycles. The number of rotatable bonds is 16. The zero-order valence-corrected chi connectivity index (χ0v) is 26.9. The van der Waals surface area contributed by atoms with Crippen LogP contribution < -0.4 is 10.6 Å². The van der Waals surface area contributed by atoms with E-state index in [1.807, 2.05) is 62.4 Å². The van der Waals surface area contributed by atoms with Gasteiger partial charge in [-0.1, -0.05) is 94.5 Å². The largest absolute Gasteiger partial charge is 0.444 e. The third-order valence-corrected chi connectivity index (χ3v) is 7.29. The number of amides is 3. The molecular weight excluding hydrogens is 526 g/mol. The second kappa shape index (κ2) is 17.6. The summed E-state index contributed by atoms with van der Waals surface area (Å²) in [5.74, 6) is -0.498. The van der Waals surface area contributed by atoms with Gasteiger partial charge in [0.2, 0.25) is 11.8 Å². The van der Waals surface area contributed by atoms with Crippen LogP contribution >= 0.6 is 0 Å². The number of ether oxygens (including phenoxy) is 1. The van der Waals surface area contributed by atoms with E-state index in [-0.39, 0.29) is 18.2 Å². The van der Waals surface area contributed by atoms with Crippen LogP contribution in [-0.4, -0.2) is 47.5 Å². The van der Waals surface area contributed by atoms with Gasteiger partial charge in [0.05, 0.1) is 0 Å². The molecule has 42 heavy (non-hydrogen) atoms. The number of hydrogen-bond donors (Lipinski definition) is 2. The highest BCUT2D eigenvalue weighted by molar-refractivity contribution is 5.92. The molecule has 2 atom stereocenters. The summed E-state index contributed by atoms with van der Waals surface area (Å²) in [6.45, 7) is 14.7. The number of alkyl carbamates (subject to hydrolysis) is 1. The Kier molecular flexibility index (Phi) is 14.6. The molecule has 0 aliphatic carbocycles. The van der Waals surface area contributed by atoms with E-state index < -0.39 is 23.8 Å². The molecule has 2 rings (SSSR count). The maximum absolute atomic E-state index is 14.5. The SMILES string of the molecule is CCCCCCN(C(=O)C(Cc1ccccc1)NC(=O)OC(C)(C)C)C(C(=O)NCCCCC)c1ccc(C)c(C)c1. The lowest BCUT2D eigenvalue weighted by atomic mass is 9.97. The van der Waals surface area contributed by atoms with Crippen molar-refractivity contribution < 1.29 is 19.1 Å². The van der Waals surface area contributed by atoms with Crippen LogP contribution in [0.2, 0.25) is 0 Å². The molecule has 232 valence electrons. The van der Waals surface area contributed by atoms with Gasteiger partial charge in [-0.15, -0.1) is 0 Å². The molecule has 2 unspecified atom stereocenters. The highest BCUT2D eigenvalue weighted by atomic mass is 16.6. The van der Waals surface area contributed by atoms with Crippen LogP contribution in [0.5, 0.6) is 0 Å². The van der Waals surface area contributed by atoms with Gasteiger partial charge in [0.15, 0.2) is 0 Å². The summed E-state index contributed by atoms with van der Waals surface area (Å²) in [7, 11) is 0. The average Bonchev–Trinajstić information content (AvgIpc) is 2.93. The van der Waals surface area contributed by atoms with Crippen molar-refractivity contribution >= 4 is 17.9 Å². The predicted octanol–water partition coefficient (Wildman–Crippen LogP) is 7.20. The summed E-state index contributed by atoms with van der Waals surface area (Å²) in [6.07, 6.45) is 6.38. The monoisotopic (exact) mass is 579 g/mol. The Morgan fingerprint density at radius 1 is 0.857 bits per heavy atom. The van der Waals surface area contributed by atoms with E-state index in [0.717, 1.165) is 67.2 Å². The second-order valence-electron chi connectivity index (χ2n) is 12.2. The Hall–Kier alpha value is -3.35. The van der Waals surface area contributed by atoms with Crippen molar-refractivity contribution in [1.82, 2.24) is 15.5 Å². The summed E-state index contributed by atoms with van der Waals surface area (Å²) in [4.78, 5) is 43.1. The van der Waals surface area contributed by atoms with Gasteiger partial charge in [0.25, 0.3) is 0 Å². The van der Waals surface area contributed by atoms with Crippen molar-refractivity contribution in [2.24, 2.45) is 0 Å². The molecule has 0 aliphatic heterocycles. The Balaban J connectivity index is 2.54. The van der Waals surface area contributed by atoms with Gasteiger partial charge >= 0.3 is 6.09 Å². The maximum Gasteiger partial charge on any atom is 0.408 e. The van der Waals surface area contributed by atoms with Gasteiger partial charge in [0.1, 0.15) is 17.7 Å². The van der Waals surface area contributed by atoms with Crippen LogP contribution in [0.1, 0.15) is 108 Å². The number of carbonyl (C=O) groups is 3. The Bertz CT molecular complexity index is 1130. The molecule has 2 N–H and O–H groups in total. The quantitative estimate of drug-likeness (QED) is 0.206. The summed E-state index contributed by atoms with van der Waals surface area (Å²) in [6, 6.07) is 13.8. The van der Waals surface area contributed by atoms with Crippen molar-refractivity contribution in [2.45, 2.75) is 118 Å². The van der Waals surface area contributed by atoms with Crippen molar-refractivity contribution in [3.05, 3.63) is 70.8 Å². The Labute approximate surface area is 253 Å². The van der Waals surface area contributed by atoms with Gasteiger partial charge in [-0.25, -0.2) is 4.79 Å². The molecular formula is C35H53N3O4. The highest BCUT2D eigenvalue weighted by Gasteiger charge is 2.36. The lowest BCUT2D eigenvalue weighted by Crippen LogP contribution is -2.54. The fourth-order valence-electron chi connectivity index (χ4n) is 4.87. The van der Waals surface area contributed by atoms with E-state index in [9.17, 15) is 14.4 Å². The first-order valence-corrected chi connectivity index (χ1v) is 15.7. The fourth-order valence-corrected chi connectivity index (χ4v) is 4.87. The normalized spacial score (nSPS) is 12.7. The van der Waals surface area contributed by atoms with Gasteiger partial charge in [-0.3, -0.25) is 9.59 Å². The summed E-state index contributed by atoms with van der Waals surface area (Å²) in [5, 5.41) is 5.95. The maximum atomic E-state index is 14.5. The lowest BCUT2D eigenvalue weighted by Gasteiger charge is -2.35. The third-order valence-electron chi connectivity index (χ3n) is 7.29. The number of nitrogens with zero attached hydrogens (tertiary/aromatic N) is 1. The molecule has 7 heteroatoms. The number of benzene rings is 2. The van der Waals surface area contributed by atoms with E-state index in [1.54, 1.807) is 25.7 Å². The van der Waals surface area contributed by atoms with E-state index >= 15 is 0 Å². The number of unbranched alkanes of at least 4 members (excludes halogenated alkanes) is 5. The first-order valence-electron chi connectivity index (χ1n) is 15.7. The molecule has 0 fully saturated rings. The Morgan fingerprint density at radius 2 is 1.52 bits per heavy atom. The number of hydrogen-bond acceptors (Lipinski definition) is 4. The van der Waals surface area contributed by atoms with Crippen LogP contribution in [0.3, 0.4) is 0 Å². The second-order valence-corrected chi connectivity index (χ2v) is 12.2. The molecule has 0 heterocycles. The zero-order valence-electron chi connectivity index (χ0n) is 26.9. The first-order chi connectivity index (χ1) is 20.0. The van der Waals surface area contributed by atoms with E-state index in [2.05, 4.69) is 24.5 Å². The number of nitrogens with one attached hydrogen (secondary N) is 2. The van der Waals surface area contributed by atoms with Crippen molar-refractivity contribution in [3.8, 4) is 0 Å². The van der Waals surface area contributed by atoms with Crippen LogP contribution in [-0.2, 0) is 20.7 Å². The summed E-state index contributed by atoms with van der Waals surface area (Å²) < 4.78 is 5.55. The average molecular weight is 580 g/mol. The van der Waals surface area contributed by atoms with Crippen molar-refractivity contribution in [2.75, 3.05) is 13.1 Å². The molecule has 3 amide bonds. The molecule has 0 radical (unpaired) electrons. The van der Waals surface area contributed by atoms with Crippen LogP contribution in [0.25, 0.3) is 0 Å². The third kappa shape index (κ3) is 11.9. The Morgan fingerprint density at radius 3 is 2.14 bits per heavy atom. The van der Waals surface area contributed by atoms with Gasteiger partial charge < -0.3 is 20.3 Å². The molecule has 2 aromatic rings. The van der Waals surface area contributed by atoms with Gasteiger partial charge in [0, 0.05) is 19.5 Å². The minimum Gasteiger partial charge on any atom is -0.444 e. The van der Waals surface area contributed by atoms with E-state index in [4.69, 9.17) is 4.74 Å². The van der Waals surface area contributed by atoms with Crippen molar-refractivity contribution in [3.63, 3.8) is 0 Å². The van der Waals surface area contributed by atoms with Crippen LogP contribution in [0, 0.1) is 13.8 Å². The molecule has 0 bridgehead atoms. The minimum absolute atomic E-state index is 0.200. The smallest absolute Gasteiger partial charge is 0.408 e. The summed E-state index contributed by atoms with van der Waals surface area (Å²) in [5.41, 5.74) is 3.14. The predicted molar refractivity (Wildman–Crippen MR) is 170 cm³/mol.